The summed E-state index contributed by atoms with van der Waals surface area (Å²) in [5, 5.41) is 0. The summed E-state index contributed by atoms with van der Waals surface area (Å²) in [6.07, 6.45) is 8.10. The van der Waals surface area contributed by atoms with Crippen molar-refractivity contribution in [3.05, 3.63) is 230 Å². The van der Waals surface area contributed by atoms with Crippen LogP contribution in [0.25, 0.3) is 0 Å². The largest absolute Gasteiger partial charge is 0.490 e. The highest BCUT2D eigenvalue weighted by molar-refractivity contribution is 6.14. The molecule has 0 unspecified atom stereocenters. The standard InChI is InChI=1S/C56H52N2O6/c1-5-37-61-45-27-19-41(20-28-45)55(42-21-29-46(30-22-42)62-38-6-2)49-15-9-11-17-51(49)57(53(55)59)35-13-14-36-58-52-18-12-10-16-50(52)56(54(58)60,43-23-31-47(32-24-43)63-39-7-3)44-25-33-48(34-26-44)64-40-8-4/h5-12,15-34H,1-4,13-14,35-40H2. The van der Waals surface area contributed by atoms with Gasteiger partial charge in [-0.2, -0.15) is 0 Å². The Kier molecular flexibility index (Phi) is 12.9. The summed E-state index contributed by atoms with van der Waals surface area (Å²) in [6.45, 7) is 17.5. The molecule has 8 nitrogen and oxygen atoms in total. The summed E-state index contributed by atoms with van der Waals surface area (Å²) >= 11 is 0. The average molecular weight is 849 g/mol. The van der Waals surface area contributed by atoms with Crippen molar-refractivity contribution in [2.75, 3.05) is 49.3 Å². The summed E-state index contributed by atoms with van der Waals surface area (Å²) in [5.41, 5.74) is 4.55. The first-order valence-electron chi connectivity index (χ1n) is 21.6. The van der Waals surface area contributed by atoms with Gasteiger partial charge in [-0.05, 0) is 95.8 Å². The van der Waals surface area contributed by atoms with Crippen molar-refractivity contribution in [1.29, 1.82) is 0 Å². The maximum absolute atomic E-state index is 15.4. The zero-order valence-electron chi connectivity index (χ0n) is 36.0. The summed E-state index contributed by atoms with van der Waals surface area (Å²) in [6, 6.07) is 47.1. The first-order chi connectivity index (χ1) is 31.4. The van der Waals surface area contributed by atoms with E-state index in [4.69, 9.17) is 18.9 Å². The number of ether oxygens (including phenoxy) is 4. The van der Waals surface area contributed by atoms with Crippen LogP contribution in [0.2, 0.25) is 0 Å². The Hall–Kier alpha value is -7.58. The number of fused-ring (bicyclic) bond motifs is 2. The topological polar surface area (TPSA) is 77.5 Å². The van der Waals surface area contributed by atoms with E-state index in [1.807, 2.05) is 155 Å². The van der Waals surface area contributed by atoms with E-state index in [0.717, 1.165) is 44.8 Å². The lowest BCUT2D eigenvalue weighted by molar-refractivity contribution is -0.121. The molecular formula is C56H52N2O6. The number of benzene rings is 6. The molecule has 2 amide bonds. The van der Waals surface area contributed by atoms with Gasteiger partial charge in [0.2, 0.25) is 11.8 Å². The van der Waals surface area contributed by atoms with Crippen LogP contribution < -0.4 is 28.7 Å². The van der Waals surface area contributed by atoms with Gasteiger partial charge in [0.1, 0.15) is 60.3 Å². The molecule has 0 radical (unpaired) electrons. The summed E-state index contributed by atoms with van der Waals surface area (Å²) in [7, 11) is 0. The molecule has 0 aliphatic carbocycles. The van der Waals surface area contributed by atoms with Crippen molar-refractivity contribution < 1.29 is 28.5 Å². The summed E-state index contributed by atoms with van der Waals surface area (Å²) in [4.78, 5) is 34.6. The number of carbonyl (C=O) groups excluding carboxylic acids is 2. The molecule has 2 aliphatic rings. The van der Waals surface area contributed by atoms with Crippen LogP contribution in [0, 0.1) is 0 Å². The Morgan fingerprint density at radius 1 is 0.391 bits per heavy atom. The second kappa shape index (κ2) is 19.2. The number of anilines is 2. The van der Waals surface area contributed by atoms with Gasteiger partial charge in [-0.25, -0.2) is 0 Å². The predicted octanol–water partition coefficient (Wildman–Crippen LogP) is 10.8. The van der Waals surface area contributed by atoms with Crippen molar-refractivity contribution in [2.45, 2.75) is 23.7 Å². The predicted molar refractivity (Wildman–Crippen MR) is 255 cm³/mol. The summed E-state index contributed by atoms with van der Waals surface area (Å²) < 4.78 is 23.3. The van der Waals surface area contributed by atoms with E-state index in [1.54, 1.807) is 24.3 Å². The molecule has 6 aromatic carbocycles. The fourth-order valence-corrected chi connectivity index (χ4v) is 9.16. The molecule has 0 saturated heterocycles. The fraction of sp³-hybridized carbons (Fsp3) is 0.179. The third-order valence-electron chi connectivity index (χ3n) is 12.0. The number of amides is 2. The zero-order chi connectivity index (χ0) is 44.5. The molecule has 2 heterocycles. The van der Waals surface area contributed by atoms with Crippen LogP contribution in [-0.2, 0) is 20.4 Å². The Bertz CT molecular complexity index is 2340. The average Bonchev–Trinajstić information content (AvgIpc) is 3.74. The number of hydrogen-bond acceptors (Lipinski definition) is 6. The lowest BCUT2D eigenvalue weighted by Crippen LogP contribution is -2.43. The Balaban J connectivity index is 1.10. The number of rotatable bonds is 21. The van der Waals surface area contributed by atoms with Crippen LogP contribution in [0.4, 0.5) is 11.4 Å². The van der Waals surface area contributed by atoms with Crippen molar-refractivity contribution >= 4 is 23.2 Å². The monoisotopic (exact) mass is 848 g/mol. The molecule has 0 fully saturated rings. The third kappa shape index (κ3) is 7.77. The number of nitrogens with zero attached hydrogens (tertiary/aromatic N) is 2. The molecule has 0 N–H and O–H groups in total. The Morgan fingerprint density at radius 2 is 0.656 bits per heavy atom. The van der Waals surface area contributed by atoms with Gasteiger partial charge in [-0.1, -0.05) is 136 Å². The van der Waals surface area contributed by atoms with Crippen LogP contribution >= 0.6 is 0 Å². The molecule has 0 spiro atoms. The van der Waals surface area contributed by atoms with Gasteiger partial charge in [-0.15, -0.1) is 0 Å². The van der Waals surface area contributed by atoms with Gasteiger partial charge in [0, 0.05) is 35.6 Å². The van der Waals surface area contributed by atoms with Gasteiger partial charge < -0.3 is 28.7 Å². The van der Waals surface area contributed by atoms with Gasteiger partial charge in [-0.3, -0.25) is 9.59 Å². The maximum atomic E-state index is 15.4. The minimum Gasteiger partial charge on any atom is -0.490 e. The van der Waals surface area contributed by atoms with E-state index in [-0.39, 0.29) is 11.8 Å². The molecule has 8 rings (SSSR count). The molecule has 0 saturated carbocycles. The molecule has 0 atom stereocenters. The minimum absolute atomic E-state index is 0.0455. The van der Waals surface area contributed by atoms with Crippen molar-refractivity contribution in [1.82, 2.24) is 0 Å². The number of unbranched alkanes of at least 4 members (excludes halogenated alkanes) is 1. The summed E-state index contributed by atoms with van der Waals surface area (Å²) in [5.74, 6) is 2.66. The van der Waals surface area contributed by atoms with Gasteiger partial charge in [0.05, 0.1) is 0 Å². The van der Waals surface area contributed by atoms with Crippen LogP contribution in [-0.4, -0.2) is 51.3 Å². The first kappa shape index (κ1) is 43.1. The molecule has 6 aromatic rings. The molecule has 0 aromatic heterocycles. The molecule has 64 heavy (non-hydrogen) atoms. The van der Waals surface area contributed by atoms with Crippen molar-refractivity contribution in [3.63, 3.8) is 0 Å². The Labute approximate surface area is 376 Å². The molecule has 0 bridgehead atoms. The molecule has 322 valence electrons. The van der Waals surface area contributed by atoms with E-state index in [1.165, 1.54) is 0 Å². The minimum atomic E-state index is -1.13. The van der Waals surface area contributed by atoms with E-state index < -0.39 is 10.8 Å². The third-order valence-corrected chi connectivity index (χ3v) is 12.0. The highest BCUT2D eigenvalue weighted by atomic mass is 16.5. The number of carbonyl (C=O) groups is 2. The zero-order valence-corrected chi connectivity index (χ0v) is 36.0. The fourth-order valence-electron chi connectivity index (χ4n) is 9.16. The van der Waals surface area contributed by atoms with Crippen molar-refractivity contribution in [2.24, 2.45) is 0 Å². The molecule has 2 aliphatic heterocycles. The van der Waals surface area contributed by atoms with Gasteiger partial charge in [0.25, 0.3) is 0 Å². The smallest absolute Gasteiger partial charge is 0.246 e. The van der Waals surface area contributed by atoms with E-state index in [0.29, 0.717) is 75.4 Å². The highest BCUT2D eigenvalue weighted by Gasteiger charge is 2.54. The number of para-hydroxylation sites is 2. The lowest BCUT2D eigenvalue weighted by atomic mass is 9.70. The number of hydrogen-bond donors (Lipinski definition) is 0. The van der Waals surface area contributed by atoms with E-state index in [9.17, 15) is 0 Å². The first-order valence-corrected chi connectivity index (χ1v) is 21.6. The lowest BCUT2D eigenvalue weighted by Gasteiger charge is -2.31. The normalized spacial score (nSPS) is 14.3. The van der Waals surface area contributed by atoms with Crippen LogP contribution in [0.3, 0.4) is 0 Å². The van der Waals surface area contributed by atoms with E-state index >= 15 is 9.59 Å². The molecule has 8 heteroatoms. The maximum Gasteiger partial charge on any atom is 0.246 e. The van der Waals surface area contributed by atoms with Gasteiger partial charge >= 0.3 is 0 Å². The Morgan fingerprint density at radius 3 is 0.922 bits per heavy atom. The van der Waals surface area contributed by atoms with E-state index in [2.05, 4.69) is 26.3 Å². The highest BCUT2D eigenvalue weighted by Crippen LogP contribution is 2.52. The van der Waals surface area contributed by atoms with Crippen LogP contribution in [0.15, 0.2) is 196 Å². The van der Waals surface area contributed by atoms with Gasteiger partial charge in [0.15, 0.2) is 0 Å². The second-order valence-corrected chi connectivity index (χ2v) is 15.7. The SMILES string of the molecule is C=CCOc1ccc(C2(c3ccc(OCC=C)cc3)C(=O)N(CCCCN3C(=O)C(c4ccc(OCC=C)cc4)(c4ccc(OCC=C)cc4)c4ccccc43)c3ccccc32)cc1. The molecular weight excluding hydrogens is 797 g/mol. The van der Waals surface area contributed by atoms with Crippen molar-refractivity contribution in [3.8, 4) is 23.0 Å². The quantitative estimate of drug-likeness (QED) is 0.0530. The van der Waals surface area contributed by atoms with Crippen LogP contribution in [0.5, 0.6) is 23.0 Å². The van der Waals surface area contributed by atoms with Crippen LogP contribution in [0.1, 0.15) is 46.2 Å². The second-order valence-electron chi connectivity index (χ2n) is 15.7.